The maximum atomic E-state index is 13.8. The molecule has 50 heavy (non-hydrogen) atoms. The summed E-state index contributed by atoms with van der Waals surface area (Å²) in [5, 5.41) is 11.7. The van der Waals surface area contributed by atoms with Crippen LogP contribution < -0.4 is 15.0 Å². The fourth-order valence-corrected chi connectivity index (χ4v) is 6.02. The van der Waals surface area contributed by atoms with Crippen molar-refractivity contribution in [3.63, 3.8) is 0 Å². The van der Waals surface area contributed by atoms with Gasteiger partial charge in [0.25, 0.3) is 5.91 Å². The van der Waals surface area contributed by atoms with Crippen LogP contribution in [0.15, 0.2) is 54.7 Å². The molecule has 2 aromatic carbocycles. The number of nitrogens with one attached hydrogen (secondary N) is 1. The first-order chi connectivity index (χ1) is 22.2. The smallest absolute Gasteiger partial charge is 0.419 e. The van der Waals surface area contributed by atoms with Crippen LogP contribution in [0.5, 0.6) is 5.75 Å². The maximum absolute atomic E-state index is 13.8. The monoisotopic (exact) mass is 773 g/mol. The number of carboxylic acid groups (broad SMARTS) is 1. The highest BCUT2D eigenvalue weighted by atomic mass is 35.5. The molecule has 1 amide bonds. The lowest BCUT2D eigenvalue weighted by Crippen LogP contribution is -2.47. The van der Waals surface area contributed by atoms with Crippen LogP contribution in [0, 0.1) is 0 Å². The van der Waals surface area contributed by atoms with E-state index < -0.39 is 41.6 Å². The van der Waals surface area contributed by atoms with E-state index in [2.05, 4.69) is 15.2 Å². The molecular formula is C32H36Cl3F6N5O4. The zero-order chi connectivity index (χ0) is 33.9. The van der Waals surface area contributed by atoms with Crippen molar-refractivity contribution in [3.05, 3.63) is 71.4 Å². The van der Waals surface area contributed by atoms with E-state index in [1.165, 1.54) is 29.3 Å². The van der Waals surface area contributed by atoms with Crippen LogP contribution in [0.3, 0.4) is 0 Å². The molecule has 0 saturated carbocycles. The number of benzene rings is 2. The number of piperazine rings is 1. The highest BCUT2D eigenvalue weighted by Gasteiger charge is 2.46. The Kier molecular flexibility index (Phi) is 15.0. The molecule has 0 bridgehead atoms. The van der Waals surface area contributed by atoms with Crippen molar-refractivity contribution < 1.29 is 45.8 Å². The average Bonchev–Trinajstić information content (AvgIpc) is 3.50. The second kappa shape index (κ2) is 17.6. The Morgan fingerprint density at radius 1 is 0.940 bits per heavy atom. The summed E-state index contributed by atoms with van der Waals surface area (Å²) in [5.41, 5.74) is 1.07. The minimum atomic E-state index is -4.68. The number of carbonyl (C=O) groups excluding carboxylic acids is 1. The van der Waals surface area contributed by atoms with Crippen LogP contribution in [-0.2, 0) is 17.5 Å². The summed E-state index contributed by atoms with van der Waals surface area (Å²) in [5.74, 6) is -1.78. The molecule has 276 valence electrons. The fraction of sp³-hybridized carbons (Fsp3) is 0.406. The van der Waals surface area contributed by atoms with E-state index in [0.717, 1.165) is 18.9 Å². The predicted octanol–water partition coefficient (Wildman–Crippen LogP) is 7.03. The summed E-state index contributed by atoms with van der Waals surface area (Å²) >= 11 is 0. The van der Waals surface area contributed by atoms with Gasteiger partial charge in [0.1, 0.15) is 17.6 Å². The van der Waals surface area contributed by atoms with Gasteiger partial charge in [-0.2, -0.15) is 26.3 Å². The Bertz CT molecular complexity index is 1610. The number of aromatic nitrogens is 1. The van der Waals surface area contributed by atoms with Gasteiger partial charge in [-0.05, 0) is 73.0 Å². The first-order valence-corrected chi connectivity index (χ1v) is 14.9. The number of aliphatic carboxylic acids is 1. The number of hydrogen-bond acceptors (Lipinski definition) is 7. The van der Waals surface area contributed by atoms with Crippen LogP contribution in [-0.4, -0.2) is 90.4 Å². The number of rotatable bonds is 9. The zero-order valence-electron chi connectivity index (χ0n) is 26.6. The van der Waals surface area contributed by atoms with Gasteiger partial charge in [0.05, 0.1) is 19.2 Å². The third kappa shape index (κ3) is 10.3. The van der Waals surface area contributed by atoms with Crippen LogP contribution in [0.2, 0.25) is 0 Å². The Hall–Kier alpha value is -3.50. The molecule has 18 heteroatoms. The van der Waals surface area contributed by atoms with E-state index in [1.807, 2.05) is 4.90 Å². The quantitative estimate of drug-likeness (QED) is 0.224. The minimum Gasteiger partial charge on any atom is -0.496 e. The van der Waals surface area contributed by atoms with Gasteiger partial charge in [-0.25, -0.2) is 4.98 Å². The summed E-state index contributed by atoms with van der Waals surface area (Å²) < 4.78 is 86.8. The molecule has 2 aliphatic heterocycles. The third-order valence-corrected chi connectivity index (χ3v) is 8.39. The minimum absolute atomic E-state index is 0. The Morgan fingerprint density at radius 3 is 2.18 bits per heavy atom. The molecule has 9 nitrogen and oxygen atoms in total. The number of ether oxygens (including phenoxy) is 1. The topological polar surface area (TPSA) is 98.2 Å². The number of alkyl halides is 6. The summed E-state index contributed by atoms with van der Waals surface area (Å²) in [6, 6.07) is 9.77. The van der Waals surface area contributed by atoms with Crippen molar-refractivity contribution in [2.75, 3.05) is 56.6 Å². The summed E-state index contributed by atoms with van der Waals surface area (Å²) in [6.45, 7) is 2.37. The summed E-state index contributed by atoms with van der Waals surface area (Å²) in [7, 11) is 1.10. The molecule has 1 atom stereocenters. The van der Waals surface area contributed by atoms with E-state index in [1.54, 1.807) is 24.3 Å². The number of likely N-dealkylation sites (tertiary alicyclic amines) is 1. The lowest BCUT2D eigenvalue weighted by Gasteiger charge is -2.35. The lowest BCUT2D eigenvalue weighted by molar-refractivity contribution is -0.177. The lowest BCUT2D eigenvalue weighted by atomic mass is 9.99. The van der Waals surface area contributed by atoms with Gasteiger partial charge < -0.3 is 20.1 Å². The van der Waals surface area contributed by atoms with Crippen molar-refractivity contribution in [3.8, 4) is 16.9 Å². The molecule has 2 saturated heterocycles. The number of amides is 1. The second-order valence-corrected chi connectivity index (χ2v) is 11.5. The Labute approximate surface area is 303 Å². The van der Waals surface area contributed by atoms with Crippen molar-refractivity contribution in [2.45, 2.75) is 37.8 Å². The van der Waals surface area contributed by atoms with Gasteiger partial charge >= 0.3 is 18.3 Å². The molecule has 3 aromatic rings. The standard InChI is InChI=1S/C32H33F6N5O4.3ClH/c1-47-26-15-21(6-9-25(26)31(33,34)35)24-17-39-28(16-22(24)18-43-10-2-3-27(43)32(36,37)38)40-30(46)20-4-7-23(8-5-20)42-13-11-41(12-14-42)19-29(44)45;;;/h4-9,15-17,27H,2-3,10-14,18-19H2,1H3,(H,44,45)(H,39,40,46);3*1H/t27-;;;/m0.../s1. The van der Waals surface area contributed by atoms with Gasteiger partial charge in [0.15, 0.2) is 0 Å². The highest BCUT2D eigenvalue weighted by Crippen LogP contribution is 2.40. The van der Waals surface area contributed by atoms with Crippen LogP contribution >= 0.6 is 37.2 Å². The van der Waals surface area contributed by atoms with Crippen LogP contribution in [0.1, 0.15) is 34.3 Å². The number of anilines is 2. The van der Waals surface area contributed by atoms with E-state index in [4.69, 9.17) is 9.84 Å². The number of carbonyl (C=O) groups is 2. The predicted molar refractivity (Wildman–Crippen MR) is 183 cm³/mol. The normalized spacial score (nSPS) is 16.9. The SMILES string of the molecule is COc1cc(-c2cnc(NC(=O)c3ccc(N4CCN(CC(=O)O)CC4)cc3)cc2CN2CCC[C@H]2C(F)(F)F)ccc1C(F)(F)F.Cl.Cl.Cl. The highest BCUT2D eigenvalue weighted by molar-refractivity contribution is 6.04. The average molecular weight is 775 g/mol. The van der Waals surface area contributed by atoms with Gasteiger partial charge in [-0.3, -0.25) is 19.4 Å². The Morgan fingerprint density at radius 2 is 1.60 bits per heavy atom. The summed E-state index contributed by atoms with van der Waals surface area (Å²) in [4.78, 5) is 33.6. The third-order valence-electron chi connectivity index (χ3n) is 8.39. The number of hydrogen-bond donors (Lipinski definition) is 2. The molecule has 2 fully saturated rings. The van der Waals surface area contributed by atoms with Crippen molar-refractivity contribution in [1.82, 2.24) is 14.8 Å². The van der Waals surface area contributed by atoms with E-state index in [-0.39, 0.29) is 74.7 Å². The molecule has 0 aliphatic carbocycles. The number of methoxy groups -OCH3 is 1. The van der Waals surface area contributed by atoms with Crippen molar-refractivity contribution in [1.29, 1.82) is 0 Å². The molecule has 0 spiro atoms. The van der Waals surface area contributed by atoms with E-state index in [9.17, 15) is 35.9 Å². The number of nitrogens with zero attached hydrogens (tertiary/aromatic N) is 4. The molecule has 0 unspecified atom stereocenters. The number of pyridine rings is 1. The van der Waals surface area contributed by atoms with Crippen LogP contribution in [0.4, 0.5) is 37.8 Å². The van der Waals surface area contributed by atoms with Crippen molar-refractivity contribution in [2.24, 2.45) is 0 Å². The molecule has 2 N–H and O–H groups in total. The Balaban J connectivity index is 0.00000289. The first-order valence-electron chi connectivity index (χ1n) is 14.9. The maximum Gasteiger partial charge on any atom is 0.419 e. The fourth-order valence-electron chi connectivity index (χ4n) is 6.02. The number of halogens is 9. The van der Waals surface area contributed by atoms with Gasteiger partial charge in [-0.15, -0.1) is 37.2 Å². The second-order valence-electron chi connectivity index (χ2n) is 11.5. The molecule has 5 rings (SSSR count). The molecule has 1 aromatic heterocycles. The largest absolute Gasteiger partial charge is 0.496 e. The zero-order valence-corrected chi connectivity index (χ0v) is 29.0. The van der Waals surface area contributed by atoms with E-state index in [0.29, 0.717) is 49.3 Å². The summed E-state index contributed by atoms with van der Waals surface area (Å²) in [6.07, 6.45) is -7.56. The van der Waals surface area contributed by atoms with Gasteiger partial charge in [0.2, 0.25) is 0 Å². The molecule has 0 radical (unpaired) electrons. The molecule has 2 aliphatic rings. The number of carboxylic acids is 1. The van der Waals surface area contributed by atoms with Crippen molar-refractivity contribution >= 4 is 60.6 Å². The van der Waals surface area contributed by atoms with Gasteiger partial charge in [-0.1, -0.05) is 6.07 Å². The first kappa shape index (κ1) is 42.7. The van der Waals surface area contributed by atoms with Crippen LogP contribution in [0.25, 0.3) is 11.1 Å². The van der Waals surface area contributed by atoms with Gasteiger partial charge in [0, 0.05) is 55.7 Å². The molecule has 3 heterocycles. The molecular weight excluding hydrogens is 739 g/mol. The van der Waals surface area contributed by atoms with E-state index >= 15 is 0 Å².